The zero-order chi connectivity index (χ0) is 27.7. The molecule has 0 atom stereocenters. The molecule has 0 aliphatic carbocycles. The Morgan fingerprint density at radius 1 is 0.950 bits per heavy atom. The van der Waals surface area contributed by atoms with Crippen molar-refractivity contribution in [2.45, 2.75) is 17.8 Å². The molecule has 204 valence electrons. The molecule has 3 aromatic carbocycles. The number of hydrogen-bond acceptors (Lipinski definition) is 6. The number of piperazine rings is 1. The van der Waals surface area contributed by atoms with Crippen LogP contribution < -0.4 is 10.2 Å². The highest BCUT2D eigenvalue weighted by Gasteiger charge is 2.18. The summed E-state index contributed by atoms with van der Waals surface area (Å²) in [5.74, 6) is 1.10. The molecule has 0 spiro atoms. The van der Waals surface area contributed by atoms with Crippen LogP contribution in [0.1, 0.15) is 27.2 Å². The molecule has 40 heavy (non-hydrogen) atoms. The first-order chi connectivity index (χ1) is 19.5. The van der Waals surface area contributed by atoms with Gasteiger partial charge in [-0.3, -0.25) is 9.69 Å². The molecule has 0 unspecified atom stereocenters. The van der Waals surface area contributed by atoms with E-state index in [1.165, 1.54) is 17.7 Å². The van der Waals surface area contributed by atoms with Crippen LogP contribution >= 0.6 is 11.8 Å². The van der Waals surface area contributed by atoms with Gasteiger partial charge in [0.05, 0.1) is 0 Å². The zero-order valence-electron chi connectivity index (χ0n) is 22.5. The number of anilines is 2. The summed E-state index contributed by atoms with van der Waals surface area (Å²) in [5, 5.41) is 3.54. The van der Waals surface area contributed by atoms with E-state index >= 15 is 0 Å². The SMILES string of the molecule is Cc1cc(N2CCN(C/C=C/c3ccccc3)CC2)nc(SCc2ccc(C(=O)Nc3ccc(F)cc3)cc2)n1. The maximum atomic E-state index is 13.1. The smallest absolute Gasteiger partial charge is 0.255 e. The molecule has 1 aliphatic rings. The summed E-state index contributed by atoms with van der Waals surface area (Å²) in [6.07, 6.45) is 4.42. The number of benzene rings is 3. The van der Waals surface area contributed by atoms with Gasteiger partial charge < -0.3 is 10.2 Å². The lowest BCUT2D eigenvalue weighted by molar-refractivity contribution is 0.102. The predicted octanol–water partition coefficient (Wildman–Crippen LogP) is 6.30. The fourth-order valence-electron chi connectivity index (χ4n) is 4.45. The second kappa shape index (κ2) is 13.4. The molecule has 0 saturated carbocycles. The Labute approximate surface area is 239 Å². The first-order valence-electron chi connectivity index (χ1n) is 13.3. The third-order valence-electron chi connectivity index (χ3n) is 6.68. The lowest BCUT2D eigenvalue weighted by atomic mass is 10.1. The molecule has 2 heterocycles. The maximum absolute atomic E-state index is 13.1. The van der Waals surface area contributed by atoms with Gasteiger partial charge in [0.2, 0.25) is 0 Å². The second-order valence-electron chi connectivity index (χ2n) is 9.70. The van der Waals surface area contributed by atoms with Crippen LogP contribution in [0.15, 0.2) is 96.2 Å². The number of amides is 1. The molecular formula is C32H32FN5OS. The van der Waals surface area contributed by atoms with Gasteiger partial charge in [0, 0.05) is 61.5 Å². The van der Waals surface area contributed by atoms with Crippen molar-refractivity contribution in [2.24, 2.45) is 0 Å². The summed E-state index contributed by atoms with van der Waals surface area (Å²) in [6.45, 7) is 6.80. The number of aryl methyl sites for hydroxylation is 1. The van der Waals surface area contributed by atoms with Crippen LogP contribution in [-0.4, -0.2) is 53.5 Å². The van der Waals surface area contributed by atoms with Crippen LogP contribution in [0.2, 0.25) is 0 Å². The van der Waals surface area contributed by atoms with Crippen molar-refractivity contribution < 1.29 is 9.18 Å². The molecule has 8 heteroatoms. The normalized spacial score (nSPS) is 14.0. The number of rotatable bonds is 9. The minimum absolute atomic E-state index is 0.232. The van der Waals surface area contributed by atoms with Crippen molar-refractivity contribution >= 4 is 35.3 Å². The van der Waals surface area contributed by atoms with Gasteiger partial charge in [-0.2, -0.15) is 0 Å². The fraction of sp³-hybridized carbons (Fsp3) is 0.219. The number of hydrogen-bond donors (Lipinski definition) is 1. The molecule has 1 N–H and O–H groups in total. The van der Waals surface area contributed by atoms with Crippen LogP contribution in [0.25, 0.3) is 6.08 Å². The van der Waals surface area contributed by atoms with E-state index in [2.05, 4.69) is 62.6 Å². The molecule has 0 radical (unpaired) electrons. The van der Waals surface area contributed by atoms with Gasteiger partial charge in [0.15, 0.2) is 5.16 Å². The number of aromatic nitrogens is 2. The molecule has 0 bridgehead atoms. The monoisotopic (exact) mass is 553 g/mol. The van der Waals surface area contributed by atoms with E-state index < -0.39 is 0 Å². The summed E-state index contributed by atoms with van der Waals surface area (Å²) >= 11 is 1.59. The Hall–Kier alpha value is -4.01. The van der Waals surface area contributed by atoms with Crippen molar-refractivity contribution in [3.63, 3.8) is 0 Å². The maximum Gasteiger partial charge on any atom is 0.255 e. The van der Waals surface area contributed by atoms with Gasteiger partial charge in [0.1, 0.15) is 11.6 Å². The highest BCUT2D eigenvalue weighted by Crippen LogP contribution is 2.24. The highest BCUT2D eigenvalue weighted by molar-refractivity contribution is 7.98. The molecule has 1 amide bonds. The third kappa shape index (κ3) is 7.77. The Bertz CT molecular complexity index is 1440. The largest absolute Gasteiger partial charge is 0.354 e. The van der Waals surface area contributed by atoms with Crippen LogP contribution in [-0.2, 0) is 5.75 Å². The molecule has 1 fully saturated rings. The van der Waals surface area contributed by atoms with Crippen LogP contribution in [0.5, 0.6) is 0 Å². The van der Waals surface area contributed by atoms with Crippen LogP contribution in [0, 0.1) is 12.7 Å². The van der Waals surface area contributed by atoms with Crippen molar-refractivity contribution in [3.8, 4) is 0 Å². The summed E-state index contributed by atoms with van der Waals surface area (Å²) in [5.41, 5.74) is 4.35. The minimum atomic E-state index is -0.338. The van der Waals surface area contributed by atoms with E-state index in [4.69, 9.17) is 4.98 Å². The fourth-order valence-corrected chi connectivity index (χ4v) is 5.30. The summed E-state index contributed by atoms with van der Waals surface area (Å²) in [4.78, 5) is 26.8. The van der Waals surface area contributed by atoms with Gasteiger partial charge in [-0.15, -0.1) is 0 Å². The Kier molecular flexibility index (Phi) is 9.21. The van der Waals surface area contributed by atoms with E-state index in [1.54, 1.807) is 36.0 Å². The third-order valence-corrected chi connectivity index (χ3v) is 7.59. The molecule has 1 aliphatic heterocycles. The van der Waals surface area contributed by atoms with Gasteiger partial charge in [-0.05, 0) is 54.4 Å². The van der Waals surface area contributed by atoms with Crippen LogP contribution in [0.4, 0.5) is 15.9 Å². The van der Waals surface area contributed by atoms with Crippen LogP contribution in [0.3, 0.4) is 0 Å². The number of carbonyl (C=O) groups excluding carboxylic acids is 1. The molecule has 5 rings (SSSR count). The number of carbonyl (C=O) groups is 1. The lowest BCUT2D eigenvalue weighted by Gasteiger charge is -2.35. The lowest BCUT2D eigenvalue weighted by Crippen LogP contribution is -2.46. The number of nitrogens with zero attached hydrogens (tertiary/aromatic N) is 4. The van der Waals surface area contributed by atoms with Crippen molar-refractivity contribution in [3.05, 3.63) is 119 Å². The molecule has 6 nitrogen and oxygen atoms in total. The first-order valence-corrected chi connectivity index (χ1v) is 14.3. The Morgan fingerprint density at radius 2 is 1.68 bits per heavy atom. The molecule has 1 saturated heterocycles. The predicted molar refractivity (Wildman–Crippen MR) is 161 cm³/mol. The highest BCUT2D eigenvalue weighted by atomic mass is 32.2. The standard InChI is InChI=1S/C32H32FN5OS/c1-24-22-30(38-20-18-37(19-21-38)17-5-8-25-6-3-2-4-7-25)36-32(34-24)40-23-26-9-11-27(12-10-26)31(39)35-29-15-13-28(33)14-16-29/h2-16,22H,17-21,23H2,1H3,(H,35,39)/b8-5+. The Morgan fingerprint density at radius 3 is 2.40 bits per heavy atom. The van der Waals surface area contributed by atoms with Crippen molar-refractivity contribution in [1.82, 2.24) is 14.9 Å². The summed E-state index contributed by atoms with van der Waals surface area (Å²) < 4.78 is 13.1. The molecule has 1 aromatic heterocycles. The second-order valence-corrected chi connectivity index (χ2v) is 10.6. The van der Waals surface area contributed by atoms with E-state index in [-0.39, 0.29) is 11.7 Å². The number of nitrogens with one attached hydrogen (secondary N) is 1. The van der Waals surface area contributed by atoms with E-state index in [0.717, 1.165) is 55.0 Å². The van der Waals surface area contributed by atoms with E-state index in [9.17, 15) is 9.18 Å². The summed E-state index contributed by atoms with van der Waals surface area (Å²) in [6, 6.07) is 25.6. The van der Waals surface area contributed by atoms with Gasteiger partial charge in [-0.25, -0.2) is 14.4 Å². The summed E-state index contributed by atoms with van der Waals surface area (Å²) in [7, 11) is 0. The molecular weight excluding hydrogens is 521 g/mol. The average Bonchev–Trinajstić information content (AvgIpc) is 2.98. The topological polar surface area (TPSA) is 61.4 Å². The molecule has 4 aromatic rings. The van der Waals surface area contributed by atoms with Crippen molar-refractivity contribution in [2.75, 3.05) is 42.9 Å². The van der Waals surface area contributed by atoms with Gasteiger partial charge in [0.25, 0.3) is 5.91 Å². The average molecular weight is 554 g/mol. The van der Waals surface area contributed by atoms with Crippen molar-refractivity contribution in [1.29, 1.82) is 0 Å². The zero-order valence-corrected chi connectivity index (χ0v) is 23.3. The quantitative estimate of drug-likeness (QED) is 0.194. The Balaban J connectivity index is 1.12. The van der Waals surface area contributed by atoms with E-state index in [1.807, 2.05) is 25.1 Å². The minimum Gasteiger partial charge on any atom is -0.354 e. The number of thioether (sulfide) groups is 1. The van der Waals surface area contributed by atoms with E-state index in [0.29, 0.717) is 17.0 Å². The van der Waals surface area contributed by atoms with Gasteiger partial charge in [-0.1, -0.05) is 66.4 Å². The van der Waals surface area contributed by atoms with Gasteiger partial charge >= 0.3 is 0 Å². The first kappa shape index (κ1) is 27.6. The number of halogens is 1.